The standard InChI is InChI=1S/C10H17NO5/c1-16-9(14)10(15,8(12)13)5-4-7-3-2-6-11-7/h7,11,15H,2-6H2,1H3,(H,12,13)/t7?,10-/m0/s1. The number of carboxylic acid groups (broad SMARTS) is 1. The van der Waals surface area contributed by atoms with Gasteiger partial charge in [-0.25, -0.2) is 9.59 Å². The zero-order valence-electron chi connectivity index (χ0n) is 9.23. The number of aliphatic hydroxyl groups is 1. The number of rotatable bonds is 5. The monoisotopic (exact) mass is 231 g/mol. The minimum atomic E-state index is -2.42. The van der Waals surface area contributed by atoms with Gasteiger partial charge in [0.15, 0.2) is 0 Å². The SMILES string of the molecule is COC(=O)[C@](O)(CCC1CCCN1)C(=O)O. The lowest BCUT2D eigenvalue weighted by molar-refractivity contribution is -0.179. The van der Waals surface area contributed by atoms with E-state index in [1.54, 1.807) is 0 Å². The molecule has 1 rings (SSSR count). The molecule has 0 aromatic heterocycles. The average molecular weight is 231 g/mol. The third-order valence-electron chi connectivity index (χ3n) is 2.89. The quantitative estimate of drug-likeness (QED) is 0.436. The van der Waals surface area contributed by atoms with Crippen LogP contribution in [0.1, 0.15) is 25.7 Å². The predicted octanol–water partition coefficient (Wildman–Crippen LogP) is -0.493. The molecule has 16 heavy (non-hydrogen) atoms. The van der Waals surface area contributed by atoms with Gasteiger partial charge in [0.1, 0.15) is 0 Å². The second kappa shape index (κ2) is 5.27. The van der Waals surface area contributed by atoms with Crippen LogP contribution in [0.3, 0.4) is 0 Å². The molecule has 1 heterocycles. The van der Waals surface area contributed by atoms with E-state index in [9.17, 15) is 14.7 Å². The Bertz CT molecular complexity index is 274. The summed E-state index contributed by atoms with van der Waals surface area (Å²) in [5.41, 5.74) is -2.42. The van der Waals surface area contributed by atoms with Gasteiger partial charge in [0.05, 0.1) is 7.11 Å². The van der Waals surface area contributed by atoms with Crippen LogP contribution in [0, 0.1) is 0 Å². The molecular formula is C10H17NO5. The second-order valence-electron chi connectivity index (χ2n) is 3.99. The van der Waals surface area contributed by atoms with Crippen LogP contribution in [-0.2, 0) is 14.3 Å². The summed E-state index contributed by atoms with van der Waals surface area (Å²) in [5.74, 6) is -2.67. The average Bonchev–Trinajstić information content (AvgIpc) is 2.77. The fraction of sp³-hybridized carbons (Fsp3) is 0.800. The maximum atomic E-state index is 11.2. The van der Waals surface area contributed by atoms with E-state index in [-0.39, 0.29) is 12.5 Å². The van der Waals surface area contributed by atoms with Crippen molar-refractivity contribution in [3.05, 3.63) is 0 Å². The van der Waals surface area contributed by atoms with Gasteiger partial charge in [0.25, 0.3) is 5.60 Å². The highest BCUT2D eigenvalue weighted by Gasteiger charge is 2.45. The smallest absolute Gasteiger partial charge is 0.349 e. The minimum Gasteiger partial charge on any atom is -0.479 e. The molecule has 3 N–H and O–H groups in total. The third-order valence-corrected chi connectivity index (χ3v) is 2.89. The summed E-state index contributed by atoms with van der Waals surface area (Å²) in [5, 5.41) is 21.7. The van der Waals surface area contributed by atoms with Gasteiger partial charge in [0.2, 0.25) is 0 Å². The molecule has 1 aliphatic rings. The van der Waals surface area contributed by atoms with Crippen molar-refractivity contribution in [2.75, 3.05) is 13.7 Å². The summed E-state index contributed by atoms with van der Waals surface area (Å²) in [4.78, 5) is 22.1. The highest BCUT2D eigenvalue weighted by molar-refractivity contribution is 6.02. The van der Waals surface area contributed by atoms with E-state index >= 15 is 0 Å². The van der Waals surface area contributed by atoms with Crippen molar-refractivity contribution in [1.29, 1.82) is 0 Å². The maximum Gasteiger partial charge on any atom is 0.349 e. The first-order chi connectivity index (χ1) is 7.50. The topological polar surface area (TPSA) is 95.9 Å². The number of carboxylic acids is 1. The molecule has 1 unspecified atom stereocenters. The molecule has 0 bridgehead atoms. The molecule has 0 aromatic carbocycles. The zero-order valence-corrected chi connectivity index (χ0v) is 9.23. The predicted molar refractivity (Wildman–Crippen MR) is 54.9 cm³/mol. The van der Waals surface area contributed by atoms with Gasteiger partial charge in [-0.1, -0.05) is 0 Å². The van der Waals surface area contributed by atoms with Crippen molar-refractivity contribution in [3.63, 3.8) is 0 Å². The molecule has 0 aromatic rings. The lowest BCUT2D eigenvalue weighted by Gasteiger charge is -2.21. The van der Waals surface area contributed by atoms with E-state index in [0.717, 1.165) is 26.5 Å². The van der Waals surface area contributed by atoms with Crippen LogP contribution in [0.25, 0.3) is 0 Å². The van der Waals surface area contributed by atoms with Crippen LogP contribution in [0.4, 0.5) is 0 Å². The molecule has 1 fully saturated rings. The molecule has 0 amide bonds. The molecule has 0 saturated carbocycles. The van der Waals surface area contributed by atoms with Gasteiger partial charge in [-0.05, 0) is 32.2 Å². The van der Waals surface area contributed by atoms with Crippen molar-refractivity contribution in [1.82, 2.24) is 5.32 Å². The van der Waals surface area contributed by atoms with Gasteiger partial charge in [0, 0.05) is 6.04 Å². The van der Waals surface area contributed by atoms with Crippen LogP contribution >= 0.6 is 0 Å². The molecule has 6 nitrogen and oxygen atoms in total. The Morgan fingerprint density at radius 2 is 2.25 bits per heavy atom. The van der Waals surface area contributed by atoms with Crippen molar-refractivity contribution >= 4 is 11.9 Å². The first-order valence-corrected chi connectivity index (χ1v) is 5.28. The number of carbonyl (C=O) groups excluding carboxylic acids is 1. The lowest BCUT2D eigenvalue weighted by Crippen LogP contribution is -2.48. The Morgan fingerprint density at radius 3 is 2.69 bits per heavy atom. The van der Waals surface area contributed by atoms with Crippen LogP contribution < -0.4 is 5.32 Å². The van der Waals surface area contributed by atoms with E-state index in [1.165, 1.54) is 0 Å². The van der Waals surface area contributed by atoms with Crippen molar-refractivity contribution in [2.24, 2.45) is 0 Å². The van der Waals surface area contributed by atoms with E-state index < -0.39 is 17.5 Å². The van der Waals surface area contributed by atoms with Gasteiger partial charge in [-0.2, -0.15) is 0 Å². The number of esters is 1. The second-order valence-corrected chi connectivity index (χ2v) is 3.99. The molecule has 92 valence electrons. The van der Waals surface area contributed by atoms with E-state index in [0.29, 0.717) is 6.42 Å². The van der Waals surface area contributed by atoms with Gasteiger partial charge in [-0.15, -0.1) is 0 Å². The first kappa shape index (κ1) is 12.9. The Kier molecular flexibility index (Phi) is 4.26. The Labute approximate surface area is 93.6 Å². The first-order valence-electron chi connectivity index (χ1n) is 5.28. The largest absolute Gasteiger partial charge is 0.479 e. The van der Waals surface area contributed by atoms with Crippen LogP contribution in [0.15, 0.2) is 0 Å². The van der Waals surface area contributed by atoms with Crippen molar-refractivity contribution in [3.8, 4) is 0 Å². The van der Waals surface area contributed by atoms with Crippen molar-refractivity contribution < 1.29 is 24.5 Å². The number of methoxy groups -OCH3 is 1. The molecular weight excluding hydrogens is 214 g/mol. The van der Waals surface area contributed by atoms with Gasteiger partial charge >= 0.3 is 11.9 Å². The highest BCUT2D eigenvalue weighted by Crippen LogP contribution is 2.20. The molecule has 1 saturated heterocycles. The summed E-state index contributed by atoms with van der Waals surface area (Å²) < 4.78 is 4.30. The summed E-state index contributed by atoms with van der Waals surface area (Å²) in [7, 11) is 1.06. The van der Waals surface area contributed by atoms with Crippen LogP contribution in [0.2, 0.25) is 0 Å². The number of ether oxygens (including phenoxy) is 1. The summed E-state index contributed by atoms with van der Waals surface area (Å²) in [6.45, 7) is 0.897. The van der Waals surface area contributed by atoms with Crippen LogP contribution in [-0.4, -0.2) is 47.4 Å². The molecule has 6 heteroatoms. The lowest BCUT2D eigenvalue weighted by atomic mass is 9.94. The minimum absolute atomic E-state index is 0.132. The molecule has 1 aliphatic heterocycles. The fourth-order valence-electron chi connectivity index (χ4n) is 1.85. The Balaban J connectivity index is 2.56. The third kappa shape index (κ3) is 2.70. The van der Waals surface area contributed by atoms with Gasteiger partial charge in [-0.3, -0.25) is 0 Å². The van der Waals surface area contributed by atoms with E-state index in [4.69, 9.17) is 5.11 Å². The highest BCUT2D eigenvalue weighted by atomic mass is 16.5. The summed E-state index contributed by atoms with van der Waals surface area (Å²) in [6.07, 6.45) is 2.29. The molecule has 0 radical (unpaired) electrons. The van der Waals surface area contributed by atoms with E-state index in [2.05, 4.69) is 10.1 Å². The summed E-state index contributed by atoms with van der Waals surface area (Å²) in [6, 6.07) is 0.176. The molecule has 0 spiro atoms. The zero-order chi connectivity index (χ0) is 12.2. The maximum absolute atomic E-state index is 11.2. The molecule has 2 atom stereocenters. The normalized spacial score (nSPS) is 23.8. The van der Waals surface area contributed by atoms with Crippen LogP contribution in [0.5, 0.6) is 0 Å². The number of hydrogen-bond donors (Lipinski definition) is 3. The van der Waals surface area contributed by atoms with E-state index in [1.807, 2.05) is 0 Å². The number of nitrogens with one attached hydrogen (secondary N) is 1. The Hall–Kier alpha value is -1.14. The Morgan fingerprint density at radius 1 is 1.56 bits per heavy atom. The van der Waals surface area contributed by atoms with Gasteiger partial charge < -0.3 is 20.3 Å². The fourth-order valence-corrected chi connectivity index (χ4v) is 1.85. The molecule has 0 aliphatic carbocycles. The number of aliphatic carboxylic acids is 1. The summed E-state index contributed by atoms with van der Waals surface area (Å²) >= 11 is 0. The number of hydrogen-bond acceptors (Lipinski definition) is 5. The number of carbonyl (C=O) groups is 2. The van der Waals surface area contributed by atoms with Crippen molar-refractivity contribution in [2.45, 2.75) is 37.3 Å².